The van der Waals surface area contributed by atoms with Gasteiger partial charge in [-0.25, -0.2) is 0 Å². The second kappa shape index (κ2) is 6.41. The Bertz CT molecular complexity index is 370. The lowest BCUT2D eigenvalue weighted by Crippen LogP contribution is -2.10. The summed E-state index contributed by atoms with van der Waals surface area (Å²) in [6, 6.07) is 7.05. The lowest BCUT2D eigenvalue weighted by Gasteiger charge is -2.26. The third kappa shape index (κ3) is 2.96. The van der Waals surface area contributed by atoms with Crippen LogP contribution in [-0.2, 0) is 6.42 Å². The largest absolute Gasteiger partial charge is 0.0651 e. The van der Waals surface area contributed by atoms with E-state index in [9.17, 15) is 0 Å². The monoisotopic (exact) mass is 244 g/mol. The molecule has 1 aromatic carbocycles. The Morgan fingerprint density at radius 2 is 1.83 bits per heavy atom. The topological polar surface area (TPSA) is 0 Å². The summed E-state index contributed by atoms with van der Waals surface area (Å²) in [5.41, 5.74) is 4.96. The fourth-order valence-corrected chi connectivity index (χ4v) is 3.50. The maximum Gasteiger partial charge on any atom is -0.0159 e. The van der Waals surface area contributed by atoms with Crippen molar-refractivity contribution in [2.24, 2.45) is 0 Å². The lowest BCUT2D eigenvalue weighted by atomic mass is 9.79. The number of benzene rings is 1. The van der Waals surface area contributed by atoms with Crippen LogP contribution in [0.4, 0.5) is 0 Å². The molecule has 0 N–H and O–H groups in total. The Morgan fingerprint density at radius 3 is 2.44 bits per heavy atom. The van der Waals surface area contributed by atoms with Gasteiger partial charge in [-0.1, -0.05) is 64.7 Å². The van der Waals surface area contributed by atoms with E-state index in [0.29, 0.717) is 5.92 Å². The van der Waals surface area contributed by atoms with Gasteiger partial charge >= 0.3 is 0 Å². The van der Waals surface area contributed by atoms with Crippen molar-refractivity contribution >= 4 is 0 Å². The average molecular weight is 244 g/mol. The number of hydrogen-bond acceptors (Lipinski definition) is 0. The molecule has 0 nitrogen and oxygen atoms in total. The Balaban J connectivity index is 2.35. The van der Waals surface area contributed by atoms with E-state index in [1.165, 1.54) is 44.9 Å². The van der Waals surface area contributed by atoms with Crippen molar-refractivity contribution in [2.75, 3.05) is 0 Å². The van der Waals surface area contributed by atoms with E-state index >= 15 is 0 Å². The van der Waals surface area contributed by atoms with Gasteiger partial charge in [0.15, 0.2) is 0 Å². The van der Waals surface area contributed by atoms with Gasteiger partial charge in [-0.3, -0.25) is 0 Å². The molecule has 100 valence electrons. The third-order valence-electron chi connectivity index (χ3n) is 4.42. The lowest BCUT2D eigenvalue weighted by molar-refractivity contribution is 0.441. The molecule has 0 heteroatoms. The fourth-order valence-electron chi connectivity index (χ4n) is 3.50. The summed E-state index contributed by atoms with van der Waals surface area (Å²) in [7, 11) is 0. The van der Waals surface area contributed by atoms with Crippen LogP contribution in [0.5, 0.6) is 0 Å². The summed E-state index contributed by atoms with van der Waals surface area (Å²) in [6.45, 7) is 6.97. The fraction of sp³-hybridized carbons (Fsp3) is 0.667. The quantitative estimate of drug-likeness (QED) is 0.627. The summed E-state index contributed by atoms with van der Waals surface area (Å²) in [6.07, 6.45) is 9.67. The molecule has 1 aliphatic carbocycles. The van der Waals surface area contributed by atoms with Gasteiger partial charge in [0, 0.05) is 0 Å². The molecule has 1 saturated carbocycles. The van der Waals surface area contributed by atoms with E-state index in [1.54, 1.807) is 16.7 Å². The molecule has 1 fully saturated rings. The molecule has 0 aromatic heterocycles. The first-order valence-corrected chi connectivity index (χ1v) is 7.85. The van der Waals surface area contributed by atoms with Crippen molar-refractivity contribution in [3.05, 3.63) is 34.9 Å². The third-order valence-corrected chi connectivity index (χ3v) is 4.42. The first kappa shape index (κ1) is 13.6. The van der Waals surface area contributed by atoms with Crippen LogP contribution in [0.2, 0.25) is 0 Å². The zero-order valence-electron chi connectivity index (χ0n) is 12.3. The zero-order chi connectivity index (χ0) is 13.0. The zero-order valence-corrected chi connectivity index (χ0v) is 12.3. The molecule has 0 unspecified atom stereocenters. The molecule has 0 saturated heterocycles. The van der Waals surface area contributed by atoms with Gasteiger partial charge in [-0.2, -0.15) is 0 Å². The Labute approximate surface area is 113 Å². The highest BCUT2D eigenvalue weighted by atomic mass is 14.2. The predicted octanol–water partition coefficient (Wildman–Crippen LogP) is 5.81. The van der Waals surface area contributed by atoms with Crippen LogP contribution in [0, 0.1) is 0 Å². The normalized spacial score (nSPS) is 17.3. The molecule has 0 aliphatic heterocycles. The standard InChI is InChI=1S/C18H28/c1-4-9-18-16(14(2)3)12-8-13-17(18)15-10-6-5-7-11-15/h8,12-15H,4-7,9-11H2,1-3H3. The Morgan fingerprint density at radius 1 is 1.11 bits per heavy atom. The summed E-state index contributed by atoms with van der Waals surface area (Å²) < 4.78 is 0. The highest BCUT2D eigenvalue weighted by Crippen LogP contribution is 2.37. The van der Waals surface area contributed by atoms with Crippen molar-refractivity contribution < 1.29 is 0 Å². The molecular weight excluding hydrogens is 216 g/mol. The van der Waals surface area contributed by atoms with Crippen molar-refractivity contribution in [2.45, 2.75) is 77.6 Å². The molecule has 1 aliphatic rings. The molecule has 0 radical (unpaired) electrons. The van der Waals surface area contributed by atoms with Gasteiger partial charge in [0.2, 0.25) is 0 Å². The van der Waals surface area contributed by atoms with Crippen LogP contribution in [0.15, 0.2) is 18.2 Å². The van der Waals surface area contributed by atoms with Gasteiger partial charge < -0.3 is 0 Å². The average Bonchev–Trinajstić information content (AvgIpc) is 2.40. The van der Waals surface area contributed by atoms with Crippen molar-refractivity contribution in [3.8, 4) is 0 Å². The van der Waals surface area contributed by atoms with Crippen LogP contribution < -0.4 is 0 Å². The van der Waals surface area contributed by atoms with E-state index in [4.69, 9.17) is 0 Å². The first-order chi connectivity index (χ1) is 8.74. The molecule has 0 heterocycles. The molecule has 18 heavy (non-hydrogen) atoms. The first-order valence-electron chi connectivity index (χ1n) is 7.85. The smallest absolute Gasteiger partial charge is 0.0159 e. The summed E-state index contributed by atoms with van der Waals surface area (Å²) >= 11 is 0. The highest BCUT2D eigenvalue weighted by Gasteiger charge is 2.20. The minimum absolute atomic E-state index is 0.662. The van der Waals surface area contributed by atoms with E-state index in [0.717, 1.165) is 5.92 Å². The number of rotatable bonds is 4. The van der Waals surface area contributed by atoms with E-state index in [2.05, 4.69) is 39.0 Å². The molecule has 0 amide bonds. The molecular formula is C18H28. The van der Waals surface area contributed by atoms with Gasteiger partial charge in [-0.15, -0.1) is 0 Å². The summed E-state index contributed by atoms with van der Waals surface area (Å²) in [5.74, 6) is 1.51. The highest BCUT2D eigenvalue weighted by molar-refractivity contribution is 5.39. The summed E-state index contributed by atoms with van der Waals surface area (Å²) in [4.78, 5) is 0. The molecule has 0 spiro atoms. The van der Waals surface area contributed by atoms with Crippen LogP contribution >= 0.6 is 0 Å². The SMILES string of the molecule is CCCc1c(C(C)C)cccc1C1CCCCC1. The van der Waals surface area contributed by atoms with Gasteiger partial charge in [0.05, 0.1) is 0 Å². The maximum absolute atomic E-state index is 2.41. The van der Waals surface area contributed by atoms with Crippen LogP contribution in [0.25, 0.3) is 0 Å². The molecule has 2 rings (SSSR count). The van der Waals surface area contributed by atoms with Gasteiger partial charge in [-0.05, 0) is 47.8 Å². The second-order valence-corrected chi connectivity index (χ2v) is 6.15. The van der Waals surface area contributed by atoms with Crippen molar-refractivity contribution in [1.29, 1.82) is 0 Å². The minimum atomic E-state index is 0.662. The second-order valence-electron chi connectivity index (χ2n) is 6.15. The van der Waals surface area contributed by atoms with Crippen molar-refractivity contribution in [3.63, 3.8) is 0 Å². The molecule has 0 bridgehead atoms. The number of hydrogen-bond donors (Lipinski definition) is 0. The van der Waals surface area contributed by atoms with Gasteiger partial charge in [0.1, 0.15) is 0 Å². The van der Waals surface area contributed by atoms with E-state index in [-0.39, 0.29) is 0 Å². The maximum atomic E-state index is 2.41. The summed E-state index contributed by atoms with van der Waals surface area (Å²) in [5, 5.41) is 0. The van der Waals surface area contributed by atoms with Crippen LogP contribution in [-0.4, -0.2) is 0 Å². The van der Waals surface area contributed by atoms with Crippen LogP contribution in [0.3, 0.4) is 0 Å². The van der Waals surface area contributed by atoms with Crippen LogP contribution in [0.1, 0.15) is 87.8 Å². The van der Waals surface area contributed by atoms with Crippen molar-refractivity contribution in [1.82, 2.24) is 0 Å². The molecule has 1 aromatic rings. The molecule has 0 atom stereocenters. The van der Waals surface area contributed by atoms with Gasteiger partial charge in [0.25, 0.3) is 0 Å². The predicted molar refractivity (Wildman–Crippen MR) is 80.4 cm³/mol. The van der Waals surface area contributed by atoms with E-state index < -0.39 is 0 Å². The Hall–Kier alpha value is -0.780. The Kier molecular flexibility index (Phi) is 4.86. The minimum Gasteiger partial charge on any atom is -0.0651 e. The van der Waals surface area contributed by atoms with E-state index in [1.807, 2.05) is 0 Å².